The molecule has 0 saturated carbocycles. The van der Waals surface area contributed by atoms with Gasteiger partial charge in [-0.1, -0.05) is 26.0 Å². The highest BCUT2D eigenvalue weighted by Gasteiger charge is 2.10. The van der Waals surface area contributed by atoms with Crippen LogP contribution in [-0.4, -0.2) is 25.6 Å². The fourth-order valence-electron chi connectivity index (χ4n) is 1.78. The highest BCUT2D eigenvalue weighted by Crippen LogP contribution is 2.18. The van der Waals surface area contributed by atoms with E-state index in [9.17, 15) is 4.79 Å². The van der Waals surface area contributed by atoms with E-state index in [0.717, 1.165) is 11.3 Å². The summed E-state index contributed by atoms with van der Waals surface area (Å²) in [5.74, 6) is 0.864. The summed E-state index contributed by atoms with van der Waals surface area (Å²) in [6.45, 7) is 6.81. The third-order valence-electron chi connectivity index (χ3n) is 2.88. The van der Waals surface area contributed by atoms with Gasteiger partial charge in [-0.05, 0) is 24.6 Å². The van der Waals surface area contributed by atoms with E-state index in [1.807, 2.05) is 31.2 Å². The molecule has 4 nitrogen and oxygen atoms in total. The van der Waals surface area contributed by atoms with E-state index in [1.54, 1.807) is 7.11 Å². The summed E-state index contributed by atoms with van der Waals surface area (Å²) in [5, 5.41) is 6.21. The Kier molecular flexibility index (Phi) is 6.36. The minimum atomic E-state index is -0.0124. The third-order valence-corrected chi connectivity index (χ3v) is 2.88. The molecule has 0 fully saturated rings. The fraction of sp³-hybridized carbons (Fsp3) is 0.533. The van der Waals surface area contributed by atoms with E-state index < -0.39 is 0 Å². The molecule has 1 amide bonds. The van der Waals surface area contributed by atoms with E-state index >= 15 is 0 Å². The normalized spacial score (nSPS) is 12.3. The van der Waals surface area contributed by atoms with Crippen molar-refractivity contribution in [3.63, 3.8) is 0 Å². The molecule has 1 aromatic carbocycles. The maximum absolute atomic E-state index is 11.8. The summed E-state index contributed by atoms with van der Waals surface area (Å²) in [7, 11) is 1.64. The first-order valence-corrected chi connectivity index (χ1v) is 6.69. The maximum Gasteiger partial charge on any atom is 0.221 e. The Bertz CT molecular complexity index is 405. The molecule has 1 atom stereocenters. The molecule has 0 spiro atoms. The van der Waals surface area contributed by atoms with Crippen LogP contribution >= 0.6 is 0 Å². The summed E-state index contributed by atoms with van der Waals surface area (Å²) >= 11 is 0. The fourth-order valence-corrected chi connectivity index (χ4v) is 1.78. The van der Waals surface area contributed by atoms with E-state index in [2.05, 4.69) is 24.5 Å². The Morgan fingerprint density at radius 1 is 1.32 bits per heavy atom. The van der Waals surface area contributed by atoms with Gasteiger partial charge in [0.1, 0.15) is 5.75 Å². The topological polar surface area (TPSA) is 50.4 Å². The minimum Gasteiger partial charge on any atom is -0.497 e. The molecule has 0 aromatic heterocycles. The van der Waals surface area contributed by atoms with Crippen LogP contribution in [0.3, 0.4) is 0 Å². The van der Waals surface area contributed by atoms with Crippen LogP contribution < -0.4 is 15.4 Å². The average molecular weight is 264 g/mol. The largest absolute Gasteiger partial charge is 0.497 e. The molecule has 1 aromatic rings. The number of ether oxygens (including phenoxy) is 1. The Morgan fingerprint density at radius 3 is 2.68 bits per heavy atom. The monoisotopic (exact) mass is 264 g/mol. The molecule has 0 radical (unpaired) electrons. The minimum absolute atomic E-state index is 0.0124. The van der Waals surface area contributed by atoms with Crippen molar-refractivity contribution in [3.8, 4) is 5.75 Å². The molecule has 4 heteroatoms. The number of hydrogen-bond donors (Lipinski definition) is 2. The van der Waals surface area contributed by atoms with Crippen LogP contribution in [0.5, 0.6) is 5.75 Å². The lowest BCUT2D eigenvalue weighted by molar-refractivity contribution is -0.121. The van der Waals surface area contributed by atoms with E-state index in [1.165, 1.54) is 0 Å². The lowest BCUT2D eigenvalue weighted by Crippen LogP contribution is -2.31. The molecule has 0 aliphatic carbocycles. The highest BCUT2D eigenvalue weighted by molar-refractivity contribution is 5.76. The number of amides is 1. The summed E-state index contributed by atoms with van der Waals surface area (Å²) in [6.07, 6.45) is 0.493. The summed E-state index contributed by atoms with van der Waals surface area (Å²) in [6, 6.07) is 8.14. The molecule has 0 aliphatic heterocycles. The zero-order chi connectivity index (χ0) is 14.3. The summed E-state index contributed by atoms with van der Waals surface area (Å²) in [5.41, 5.74) is 1.05. The predicted octanol–water partition coefficient (Wildman–Crippen LogP) is 2.26. The van der Waals surface area contributed by atoms with Crippen LogP contribution in [0.25, 0.3) is 0 Å². The quantitative estimate of drug-likeness (QED) is 0.794. The van der Waals surface area contributed by atoms with Gasteiger partial charge < -0.3 is 15.4 Å². The Morgan fingerprint density at radius 2 is 2.05 bits per heavy atom. The lowest BCUT2D eigenvalue weighted by atomic mass is 10.1. The predicted molar refractivity (Wildman–Crippen MR) is 77.3 cm³/mol. The molecule has 0 aliphatic rings. The van der Waals surface area contributed by atoms with Gasteiger partial charge in [0.15, 0.2) is 0 Å². The van der Waals surface area contributed by atoms with Gasteiger partial charge in [-0.2, -0.15) is 0 Å². The smallest absolute Gasteiger partial charge is 0.221 e. The van der Waals surface area contributed by atoms with Gasteiger partial charge in [-0.25, -0.2) is 0 Å². The van der Waals surface area contributed by atoms with Crippen molar-refractivity contribution in [2.75, 3.05) is 13.7 Å². The van der Waals surface area contributed by atoms with Crippen molar-refractivity contribution in [2.45, 2.75) is 39.3 Å². The van der Waals surface area contributed by atoms with E-state index in [4.69, 9.17) is 4.74 Å². The van der Waals surface area contributed by atoms with Crippen LogP contribution in [0.2, 0.25) is 0 Å². The summed E-state index contributed by atoms with van der Waals surface area (Å²) < 4.78 is 5.18. The highest BCUT2D eigenvalue weighted by atomic mass is 16.5. The molecule has 0 saturated heterocycles. The van der Waals surface area contributed by atoms with E-state index in [-0.39, 0.29) is 11.9 Å². The van der Waals surface area contributed by atoms with Gasteiger partial charge in [-0.15, -0.1) is 0 Å². The first-order chi connectivity index (χ1) is 9.02. The first kappa shape index (κ1) is 15.5. The Balaban J connectivity index is 2.44. The molecule has 0 heterocycles. The second kappa shape index (κ2) is 7.79. The van der Waals surface area contributed by atoms with Gasteiger partial charge in [0.25, 0.3) is 0 Å². The van der Waals surface area contributed by atoms with Gasteiger partial charge in [0, 0.05) is 19.0 Å². The van der Waals surface area contributed by atoms with Crippen molar-refractivity contribution in [3.05, 3.63) is 29.8 Å². The number of carbonyl (C=O) groups is 1. The number of hydrogen-bond acceptors (Lipinski definition) is 3. The third kappa shape index (κ3) is 5.75. The number of benzene rings is 1. The average Bonchev–Trinajstić information content (AvgIpc) is 2.38. The van der Waals surface area contributed by atoms with Crippen molar-refractivity contribution in [1.29, 1.82) is 0 Å². The van der Waals surface area contributed by atoms with Crippen LogP contribution in [0.15, 0.2) is 24.3 Å². The molecule has 106 valence electrons. The molecular formula is C15H24N2O2. The van der Waals surface area contributed by atoms with Crippen molar-refractivity contribution in [1.82, 2.24) is 10.6 Å². The van der Waals surface area contributed by atoms with E-state index in [0.29, 0.717) is 19.0 Å². The number of nitrogens with one attached hydrogen (secondary N) is 2. The molecule has 0 unspecified atom stereocenters. The van der Waals surface area contributed by atoms with Crippen molar-refractivity contribution >= 4 is 5.91 Å². The zero-order valence-electron chi connectivity index (χ0n) is 12.2. The second-order valence-electron chi connectivity index (χ2n) is 4.92. The standard InChI is InChI=1S/C15H24N2O2/c1-11(2)16-9-8-15(18)17-12(3)13-6-5-7-14(10-13)19-4/h5-7,10-12,16H,8-9H2,1-4H3,(H,17,18)/t12-/m1/s1. The van der Waals surface area contributed by atoms with Crippen LogP contribution in [0.1, 0.15) is 38.8 Å². The van der Waals surface area contributed by atoms with Crippen molar-refractivity contribution in [2.24, 2.45) is 0 Å². The SMILES string of the molecule is COc1cccc([C@@H](C)NC(=O)CCNC(C)C)c1. The molecular weight excluding hydrogens is 240 g/mol. The second-order valence-corrected chi connectivity index (χ2v) is 4.92. The van der Waals surface area contributed by atoms with Gasteiger partial charge >= 0.3 is 0 Å². The van der Waals surface area contributed by atoms with Crippen LogP contribution in [0.4, 0.5) is 0 Å². The Hall–Kier alpha value is -1.55. The summed E-state index contributed by atoms with van der Waals surface area (Å²) in [4.78, 5) is 11.8. The Labute approximate surface area is 115 Å². The number of rotatable bonds is 7. The molecule has 2 N–H and O–H groups in total. The number of carbonyl (C=O) groups excluding carboxylic acids is 1. The van der Waals surface area contributed by atoms with Gasteiger partial charge in [0.2, 0.25) is 5.91 Å². The first-order valence-electron chi connectivity index (χ1n) is 6.69. The zero-order valence-corrected chi connectivity index (χ0v) is 12.2. The molecule has 0 bridgehead atoms. The molecule has 1 rings (SSSR count). The van der Waals surface area contributed by atoms with Crippen molar-refractivity contribution < 1.29 is 9.53 Å². The lowest BCUT2D eigenvalue weighted by Gasteiger charge is -2.15. The van der Waals surface area contributed by atoms with Gasteiger partial charge in [-0.3, -0.25) is 4.79 Å². The van der Waals surface area contributed by atoms with Crippen LogP contribution in [-0.2, 0) is 4.79 Å². The van der Waals surface area contributed by atoms with Crippen LogP contribution in [0, 0.1) is 0 Å². The van der Waals surface area contributed by atoms with Gasteiger partial charge in [0.05, 0.1) is 13.2 Å². The molecule has 19 heavy (non-hydrogen) atoms. The number of methoxy groups -OCH3 is 1. The maximum atomic E-state index is 11.8.